The van der Waals surface area contributed by atoms with E-state index in [4.69, 9.17) is 9.84 Å². The molecule has 0 aromatic carbocycles. The molecule has 2 N–H and O–H groups in total. The Morgan fingerprint density at radius 2 is 1.64 bits per heavy atom. The van der Waals surface area contributed by atoms with Gasteiger partial charge in [0.15, 0.2) is 0 Å². The number of nitrogens with one attached hydrogen (secondary N) is 1. The molecule has 2 aliphatic heterocycles. The van der Waals surface area contributed by atoms with E-state index >= 15 is 0 Å². The maximum absolute atomic E-state index is 10.5. The molecule has 4 heteroatoms. The van der Waals surface area contributed by atoms with Crippen molar-refractivity contribution in [1.82, 2.24) is 5.32 Å². The third-order valence-electron chi connectivity index (χ3n) is 6.11. The molecule has 0 amide bonds. The Labute approximate surface area is 154 Å². The van der Waals surface area contributed by atoms with Crippen LogP contribution < -0.4 is 5.32 Å². The lowest BCUT2D eigenvalue weighted by atomic mass is 9.76. The van der Waals surface area contributed by atoms with Crippen LogP contribution in [0.4, 0.5) is 0 Å². The van der Waals surface area contributed by atoms with Crippen molar-refractivity contribution in [3.63, 3.8) is 0 Å². The van der Waals surface area contributed by atoms with Gasteiger partial charge in [-0.2, -0.15) is 0 Å². The fourth-order valence-electron chi connectivity index (χ4n) is 4.69. The average molecular weight is 354 g/mol. The van der Waals surface area contributed by atoms with Crippen LogP contribution in [-0.4, -0.2) is 36.4 Å². The van der Waals surface area contributed by atoms with E-state index in [1.54, 1.807) is 0 Å². The molecule has 0 aliphatic carbocycles. The molecule has 0 saturated carbocycles. The summed E-state index contributed by atoms with van der Waals surface area (Å²) in [7, 11) is 0. The zero-order valence-corrected chi connectivity index (χ0v) is 16.2. The molecule has 0 aromatic heterocycles. The molecule has 2 aliphatic rings. The van der Waals surface area contributed by atoms with Crippen molar-refractivity contribution in [2.24, 2.45) is 11.8 Å². The SMILES string of the molecule is CCCCCCCNC[C@@H]1[C@@H](CCCCCCC(=O)O)[C@H]2CC[C@@H]1O2. The predicted octanol–water partition coefficient (Wildman–Crippen LogP) is 4.77. The number of carboxylic acids is 1. The van der Waals surface area contributed by atoms with Crippen LogP contribution in [0.15, 0.2) is 0 Å². The molecular weight excluding hydrogens is 314 g/mol. The third-order valence-corrected chi connectivity index (χ3v) is 6.11. The van der Waals surface area contributed by atoms with Crippen molar-refractivity contribution in [1.29, 1.82) is 0 Å². The highest BCUT2D eigenvalue weighted by atomic mass is 16.5. The molecule has 0 unspecified atom stereocenters. The Bertz CT molecular complexity index is 374. The van der Waals surface area contributed by atoms with E-state index in [0.29, 0.717) is 24.5 Å². The van der Waals surface area contributed by atoms with E-state index in [2.05, 4.69) is 12.2 Å². The molecule has 2 saturated heterocycles. The van der Waals surface area contributed by atoms with Gasteiger partial charge in [-0.3, -0.25) is 4.79 Å². The number of carboxylic acid groups (broad SMARTS) is 1. The summed E-state index contributed by atoms with van der Waals surface area (Å²) < 4.78 is 6.20. The van der Waals surface area contributed by atoms with Gasteiger partial charge in [0.05, 0.1) is 12.2 Å². The van der Waals surface area contributed by atoms with Crippen molar-refractivity contribution in [2.45, 2.75) is 103 Å². The van der Waals surface area contributed by atoms with Crippen LogP contribution in [0, 0.1) is 11.8 Å². The van der Waals surface area contributed by atoms with Crippen molar-refractivity contribution in [3.8, 4) is 0 Å². The number of aliphatic carboxylic acids is 1. The summed E-state index contributed by atoms with van der Waals surface area (Å²) in [6, 6.07) is 0. The number of ether oxygens (including phenoxy) is 1. The molecule has 2 bridgehead atoms. The van der Waals surface area contributed by atoms with E-state index in [1.165, 1.54) is 64.2 Å². The Kier molecular flexibility index (Phi) is 9.85. The monoisotopic (exact) mass is 353 g/mol. The molecule has 2 fully saturated rings. The summed E-state index contributed by atoms with van der Waals surface area (Å²) in [6.07, 6.45) is 16.1. The predicted molar refractivity (Wildman–Crippen MR) is 102 cm³/mol. The number of carbonyl (C=O) groups is 1. The maximum Gasteiger partial charge on any atom is 0.303 e. The second kappa shape index (κ2) is 11.9. The van der Waals surface area contributed by atoms with Gasteiger partial charge in [-0.25, -0.2) is 0 Å². The first-order chi connectivity index (χ1) is 12.2. The van der Waals surface area contributed by atoms with E-state index in [0.717, 1.165) is 31.8 Å². The first kappa shape index (κ1) is 20.7. The van der Waals surface area contributed by atoms with Gasteiger partial charge in [-0.15, -0.1) is 0 Å². The Balaban J connectivity index is 1.57. The highest BCUT2D eigenvalue weighted by molar-refractivity contribution is 5.66. The summed E-state index contributed by atoms with van der Waals surface area (Å²) in [4.78, 5) is 10.5. The largest absolute Gasteiger partial charge is 0.481 e. The molecule has 146 valence electrons. The molecule has 2 heterocycles. The van der Waals surface area contributed by atoms with Gasteiger partial charge in [0.25, 0.3) is 0 Å². The van der Waals surface area contributed by atoms with Crippen LogP contribution in [0.25, 0.3) is 0 Å². The van der Waals surface area contributed by atoms with Crippen LogP contribution >= 0.6 is 0 Å². The lowest BCUT2D eigenvalue weighted by Gasteiger charge is -2.28. The van der Waals surface area contributed by atoms with Crippen molar-refractivity contribution in [2.75, 3.05) is 13.1 Å². The van der Waals surface area contributed by atoms with Crippen LogP contribution in [0.5, 0.6) is 0 Å². The fourth-order valence-corrected chi connectivity index (χ4v) is 4.69. The first-order valence-corrected chi connectivity index (χ1v) is 10.8. The lowest BCUT2D eigenvalue weighted by Crippen LogP contribution is -2.36. The normalized spacial score (nSPS) is 27.9. The van der Waals surface area contributed by atoms with Crippen LogP contribution in [-0.2, 0) is 9.53 Å². The molecule has 2 rings (SSSR count). The topological polar surface area (TPSA) is 58.6 Å². The average Bonchev–Trinajstić information content (AvgIpc) is 3.19. The Hall–Kier alpha value is -0.610. The van der Waals surface area contributed by atoms with Crippen LogP contribution in [0.3, 0.4) is 0 Å². The van der Waals surface area contributed by atoms with Crippen LogP contribution in [0.2, 0.25) is 0 Å². The number of rotatable bonds is 15. The van der Waals surface area contributed by atoms with Gasteiger partial charge in [0.2, 0.25) is 0 Å². The highest BCUT2D eigenvalue weighted by Gasteiger charge is 2.47. The van der Waals surface area contributed by atoms with Crippen LogP contribution in [0.1, 0.15) is 90.4 Å². The van der Waals surface area contributed by atoms with Crippen molar-refractivity contribution in [3.05, 3.63) is 0 Å². The smallest absolute Gasteiger partial charge is 0.303 e. The lowest BCUT2D eigenvalue weighted by molar-refractivity contribution is -0.137. The highest BCUT2D eigenvalue weighted by Crippen LogP contribution is 2.45. The summed E-state index contributed by atoms with van der Waals surface area (Å²) in [5, 5.41) is 12.4. The zero-order chi connectivity index (χ0) is 17.9. The van der Waals surface area contributed by atoms with Gasteiger partial charge < -0.3 is 15.2 Å². The van der Waals surface area contributed by atoms with Crippen molar-refractivity contribution < 1.29 is 14.6 Å². The molecule has 0 spiro atoms. The van der Waals surface area contributed by atoms with Gasteiger partial charge in [-0.05, 0) is 44.6 Å². The summed E-state index contributed by atoms with van der Waals surface area (Å²) in [5.41, 5.74) is 0. The number of hydrogen-bond donors (Lipinski definition) is 2. The standard InChI is InChI=1S/C21H39NO3/c1-2-3-4-7-10-15-22-16-18-17(19-13-14-20(18)25-19)11-8-5-6-9-12-21(23)24/h17-20,22H,2-16H2,1H3,(H,23,24)/t17-,18-,19-,20+/m1/s1. The summed E-state index contributed by atoms with van der Waals surface area (Å²) in [5.74, 6) is 0.765. The third kappa shape index (κ3) is 7.26. The minimum Gasteiger partial charge on any atom is -0.481 e. The van der Waals surface area contributed by atoms with Gasteiger partial charge in [0, 0.05) is 18.9 Å². The van der Waals surface area contributed by atoms with Gasteiger partial charge >= 0.3 is 5.97 Å². The fraction of sp³-hybridized carbons (Fsp3) is 0.952. The first-order valence-electron chi connectivity index (χ1n) is 10.8. The minimum atomic E-state index is -0.665. The number of unbranched alkanes of at least 4 members (excludes halogenated alkanes) is 7. The number of fused-ring (bicyclic) bond motifs is 2. The quantitative estimate of drug-likeness (QED) is 0.417. The van der Waals surface area contributed by atoms with Gasteiger partial charge in [0.1, 0.15) is 0 Å². The van der Waals surface area contributed by atoms with E-state index in [-0.39, 0.29) is 0 Å². The summed E-state index contributed by atoms with van der Waals surface area (Å²) in [6.45, 7) is 4.54. The van der Waals surface area contributed by atoms with Crippen molar-refractivity contribution >= 4 is 5.97 Å². The molecular formula is C21H39NO3. The second-order valence-electron chi connectivity index (χ2n) is 8.08. The molecule has 4 nitrogen and oxygen atoms in total. The minimum absolute atomic E-state index is 0.321. The molecule has 0 radical (unpaired) electrons. The molecule has 0 aromatic rings. The zero-order valence-electron chi connectivity index (χ0n) is 16.2. The second-order valence-corrected chi connectivity index (χ2v) is 8.08. The number of hydrogen-bond acceptors (Lipinski definition) is 3. The summed E-state index contributed by atoms with van der Waals surface area (Å²) >= 11 is 0. The van der Waals surface area contributed by atoms with E-state index < -0.39 is 5.97 Å². The van der Waals surface area contributed by atoms with E-state index in [1.807, 2.05) is 0 Å². The van der Waals surface area contributed by atoms with E-state index in [9.17, 15) is 4.79 Å². The molecule has 25 heavy (non-hydrogen) atoms. The maximum atomic E-state index is 10.5. The Morgan fingerprint density at radius 3 is 2.40 bits per heavy atom. The Morgan fingerprint density at radius 1 is 0.960 bits per heavy atom. The van der Waals surface area contributed by atoms with Gasteiger partial charge in [-0.1, -0.05) is 51.9 Å². The molecule has 4 atom stereocenters.